The summed E-state index contributed by atoms with van der Waals surface area (Å²) >= 11 is 1.62. The first-order valence-electron chi connectivity index (χ1n) is 8.75. The first-order chi connectivity index (χ1) is 12.2. The van der Waals surface area contributed by atoms with E-state index in [9.17, 15) is 4.79 Å². The van der Waals surface area contributed by atoms with Crippen molar-refractivity contribution in [2.75, 3.05) is 26.7 Å². The van der Waals surface area contributed by atoms with Crippen molar-refractivity contribution < 1.29 is 9.53 Å². The Kier molecular flexibility index (Phi) is 4.72. The van der Waals surface area contributed by atoms with E-state index in [0.29, 0.717) is 12.0 Å². The van der Waals surface area contributed by atoms with Crippen molar-refractivity contribution in [2.45, 2.75) is 28.8 Å². The molecule has 1 unspecified atom stereocenters. The molecule has 6 heteroatoms. The monoisotopic (exact) mass is 357 g/mol. The van der Waals surface area contributed by atoms with Gasteiger partial charge >= 0.3 is 0 Å². The molecule has 2 N–H and O–H groups in total. The van der Waals surface area contributed by atoms with E-state index in [0.717, 1.165) is 27.9 Å². The number of piperidine rings is 3. The predicted octanol–water partition coefficient (Wildman–Crippen LogP) is 3.00. The number of nitrogens with one attached hydrogen (secondary N) is 2. The van der Waals surface area contributed by atoms with Gasteiger partial charge in [-0.05, 0) is 62.2 Å². The Hall–Kier alpha value is -1.92. The highest BCUT2D eigenvalue weighted by Crippen LogP contribution is 2.29. The fourth-order valence-corrected chi connectivity index (χ4v) is 4.53. The molecule has 5 rings (SSSR count). The zero-order chi connectivity index (χ0) is 17.2. The van der Waals surface area contributed by atoms with Crippen LogP contribution in [0.2, 0.25) is 0 Å². The summed E-state index contributed by atoms with van der Waals surface area (Å²) in [6.07, 6.45) is 2.42. The maximum atomic E-state index is 12.5. The van der Waals surface area contributed by atoms with Gasteiger partial charge in [-0.25, -0.2) is 0 Å². The lowest BCUT2D eigenvalue weighted by atomic mass is 9.84. The summed E-state index contributed by atoms with van der Waals surface area (Å²) in [5.41, 5.74) is 0.727. The smallest absolute Gasteiger partial charge is 0.251 e. The molecule has 3 aliphatic heterocycles. The summed E-state index contributed by atoms with van der Waals surface area (Å²) in [7, 11) is 1.64. The number of nitrogens with zero attached hydrogens (tertiary/aromatic N) is 1. The number of benzene rings is 1. The average molecular weight is 357 g/mol. The largest absolute Gasteiger partial charge is 0.482 e. The van der Waals surface area contributed by atoms with E-state index >= 15 is 0 Å². The Morgan fingerprint density at radius 2 is 1.96 bits per heavy atom. The fraction of sp³-hybridized carbons (Fsp3) is 0.421. The molecular weight excluding hydrogens is 334 g/mol. The van der Waals surface area contributed by atoms with Gasteiger partial charge in [-0.1, -0.05) is 11.8 Å². The standard InChI is InChI=1S/C19H23N3O2S/c1-24-17-6-7-18(21-17)25-15-4-2-14(3-5-15)19(23)20-16-12-22-10-8-13(16)9-11-22/h2-7,13,16,21H,8-12H2,1H3,(H,20,23). The number of hydrogen-bond donors (Lipinski definition) is 2. The van der Waals surface area contributed by atoms with Gasteiger partial charge in [0, 0.05) is 29.1 Å². The van der Waals surface area contributed by atoms with Crippen LogP contribution >= 0.6 is 11.8 Å². The highest BCUT2D eigenvalue weighted by atomic mass is 32.2. The summed E-state index contributed by atoms with van der Waals surface area (Å²) < 4.78 is 5.15. The molecule has 132 valence electrons. The highest BCUT2D eigenvalue weighted by Gasteiger charge is 2.34. The van der Waals surface area contributed by atoms with Crippen molar-refractivity contribution in [3.05, 3.63) is 42.0 Å². The van der Waals surface area contributed by atoms with Crippen molar-refractivity contribution in [1.29, 1.82) is 0 Å². The summed E-state index contributed by atoms with van der Waals surface area (Å²) in [5, 5.41) is 4.25. The van der Waals surface area contributed by atoms with Crippen LogP contribution in [0.3, 0.4) is 0 Å². The third-order valence-electron chi connectivity index (χ3n) is 5.17. The molecule has 1 atom stereocenters. The molecule has 3 aliphatic rings. The van der Waals surface area contributed by atoms with Gasteiger partial charge in [-0.15, -0.1) is 0 Å². The highest BCUT2D eigenvalue weighted by molar-refractivity contribution is 7.99. The number of aromatic amines is 1. The van der Waals surface area contributed by atoms with Gasteiger partial charge in [0.05, 0.1) is 12.1 Å². The lowest BCUT2D eigenvalue weighted by Gasteiger charge is -2.44. The number of ether oxygens (including phenoxy) is 1. The van der Waals surface area contributed by atoms with E-state index in [1.54, 1.807) is 18.9 Å². The molecule has 2 aromatic rings. The molecule has 0 spiro atoms. The quantitative estimate of drug-likeness (QED) is 0.864. The molecular formula is C19H23N3O2S. The molecule has 2 bridgehead atoms. The third kappa shape index (κ3) is 3.70. The molecule has 1 amide bonds. The van der Waals surface area contributed by atoms with Crippen molar-refractivity contribution in [3.8, 4) is 5.88 Å². The Bertz CT molecular complexity index is 735. The van der Waals surface area contributed by atoms with Crippen molar-refractivity contribution in [2.24, 2.45) is 5.92 Å². The molecule has 3 fully saturated rings. The normalized spacial score (nSPS) is 24.9. The van der Waals surface area contributed by atoms with Gasteiger partial charge in [0.1, 0.15) is 0 Å². The topological polar surface area (TPSA) is 57.4 Å². The molecule has 25 heavy (non-hydrogen) atoms. The number of aromatic nitrogens is 1. The molecule has 3 saturated heterocycles. The Morgan fingerprint density at radius 3 is 2.56 bits per heavy atom. The molecule has 0 saturated carbocycles. The number of rotatable bonds is 5. The van der Waals surface area contributed by atoms with E-state index in [1.807, 2.05) is 36.4 Å². The second kappa shape index (κ2) is 7.14. The lowest BCUT2D eigenvalue weighted by molar-refractivity contribution is 0.0620. The summed E-state index contributed by atoms with van der Waals surface area (Å²) in [6, 6.07) is 12.0. The first kappa shape index (κ1) is 16.5. The number of hydrogen-bond acceptors (Lipinski definition) is 4. The number of carbonyl (C=O) groups excluding carboxylic acids is 1. The number of carbonyl (C=O) groups is 1. The second-order valence-corrected chi connectivity index (χ2v) is 7.85. The number of H-pyrrole nitrogens is 1. The number of methoxy groups -OCH3 is 1. The minimum Gasteiger partial charge on any atom is -0.482 e. The Morgan fingerprint density at radius 1 is 1.20 bits per heavy atom. The zero-order valence-electron chi connectivity index (χ0n) is 14.3. The number of fused-ring (bicyclic) bond motifs is 3. The predicted molar refractivity (Wildman–Crippen MR) is 98.3 cm³/mol. The van der Waals surface area contributed by atoms with Crippen LogP contribution in [0.1, 0.15) is 23.2 Å². The summed E-state index contributed by atoms with van der Waals surface area (Å²) in [6.45, 7) is 3.37. The zero-order valence-corrected chi connectivity index (χ0v) is 15.1. The van der Waals surface area contributed by atoms with Crippen LogP contribution < -0.4 is 10.1 Å². The molecule has 4 heterocycles. The SMILES string of the molecule is COc1ccc(Sc2ccc(C(=O)NC3CN4CCC3CC4)cc2)[nH]1. The van der Waals surface area contributed by atoms with Gasteiger partial charge < -0.3 is 19.9 Å². The van der Waals surface area contributed by atoms with Crippen LogP contribution in [-0.4, -0.2) is 48.6 Å². The van der Waals surface area contributed by atoms with Crippen LogP contribution in [0.15, 0.2) is 46.3 Å². The van der Waals surface area contributed by atoms with Crippen LogP contribution in [0.5, 0.6) is 5.88 Å². The average Bonchev–Trinajstić information content (AvgIpc) is 3.11. The van der Waals surface area contributed by atoms with Gasteiger partial charge in [0.15, 0.2) is 5.88 Å². The van der Waals surface area contributed by atoms with E-state index in [1.165, 1.54) is 25.9 Å². The van der Waals surface area contributed by atoms with Crippen LogP contribution in [0.25, 0.3) is 0 Å². The van der Waals surface area contributed by atoms with E-state index in [2.05, 4.69) is 15.2 Å². The van der Waals surface area contributed by atoms with Crippen molar-refractivity contribution in [1.82, 2.24) is 15.2 Å². The van der Waals surface area contributed by atoms with Gasteiger partial charge in [0.25, 0.3) is 5.91 Å². The maximum Gasteiger partial charge on any atom is 0.251 e. The molecule has 1 aromatic carbocycles. The second-order valence-electron chi connectivity index (χ2n) is 6.74. The lowest BCUT2D eigenvalue weighted by Crippen LogP contribution is -2.57. The fourth-order valence-electron chi connectivity index (χ4n) is 3.72. The van der Waals surface area contributed by atoms with E-state index in [4.69, 9.17) is 4.74 Å². The maximum absolute atomic E-state index is 12.5. The Balaban J connectivity index is 1.37. The van der Waals surface area contributed by atoms with Crippen LogP contribution in [-0.2, 0) is 0 Å². The van der Waals surface area contributed by atoms with Gasteiger partial charge in [-0.2, -0.15) is 0 Å². The summed E-state index contributed by atoms with van der Waals surface area (Å²) in [5.74, 6) is 1.43. The van der Waals surface area contributed by atoms with Crippen LogP contribution in [0.4, 0.5) is 0 Å². The van der Waals surface area contributed by atoms with Gasteiger partial charge in [0.2, 0.25) is 0 Å². The van der Waals surface area contributed by atoms with E-state index in [-0.39, 0.29) is 5.91 Å². The summed E-state index contributed by atoms with van der Waals surface area (Å²) in [4.78, 5) is 19.3. The van der Waals surface area contributed by atoms with Crippen molar-refractivity contribution >= 4 is 17.7 Å². The van der Waals surface area contributed by atoms with Gasteiger partial charge in [-0.3, -0.25) is 4.79 Å². The first-order valence-corrected chi connectivity index (χ1v) is 9.57. The minimum absolute atomic E-state index is 0.0387. The van der Waals surface area contributed by atoms with E-state index < -0.39 is 0 Å². The van der Waals surface area contributed by atoms with Crippen LogP contribution in [0, 0.1) is 5.92 Å². The molecule has 0 radical (unpaired) electrons. The Labute approximate surface area is 152 Å². The number of amides is 1. The van der Waals surface area contributed by atoms with Crippen molar-refractivity contribution in [3.63, 3.8) is 0 Å². The molecule has 0 aliphatic carbocycles. The minimum atomic E-state index is 0.0387. The third-order valence-corrected chi connectivity index (χ3v) is 6.14. The molecule has 5 nitrogen and oxygen atoms in total. The molecule has 1 aromatic heterocycles.